The van der Waals surface area contributed by atoms with Crippen LogP contribution in [0.15, 0.2) is 77.9 Å². The predicted molar refractivity (Wildman–Crippen MR) is 97.1 cm³/mol. The Hall–Kier alpha value is -3.54. The molecule has 0 radical (unpaired) electrons. The molecule has 0 aliphatic rings. The summed E-state index contributed by atoms with van der Waals surface area (Å²) in [6.07, 6.45) is 3.19. The van der Waals surface area contributed by atoms with E-state index in [4.69, 9.17) is 0 Å². The van der Waals surface area contributed by atoms with Gasteiger partial charge in [-0.25, -0.2) is 13.8 Å². The highest BCUT2D eigenvalue weighted by atomic mass is 19.1. The lowest BCUT2D eigenvalue weighted by Crippen LogP contribution is -2.14. The van der Waals surface area contributed by atoms with Gasteiger partial charge in [-0.05, 0) is 48.9 Å². The van der Waals surface area contributed by atoms with Crippen molar-refractivity contribution in [2.45, 2.75) is 6.92 Å². The van der Waals surface area contributed by atoms with Crippen molar-refractivity contribution in [3.8, 4) is 22.8 Å². The second-order valence-corrected chi connectivity index (χ2v) is 5.92. The first kappa shape index (κ1) is 16.0. The molecule has 6 heteroatoms. The molecule has 0 atom stereocenters. The monoisotopic (exact) mass is 346 g/mol. The Balaban J connectivity index is 1.86. The van der Waals surface area contributed by atoms with Crippen LogP contribution in [0.4, 0.5) is 4.39 Å². The zero-order valence-corrected chi connectivity index (χ0v) is 14.0. The van der Waals surface area contributed by atoms with Gasteiger partial charge in [-0.3, -0.25) is 4.79 Å². The first-order valence-corrected chi connectivity index (χ1v) is 8.09. The zero-order valence-electron chi connectivity index (χ0n) is 14.0. The molecular weight excluding hydrogens is 331 g/mol. The Morgan fingerprint density at radius 1 is 0.962 bits per heavy atom. The molecule has 4 aromatic rings. The lowest BCUT2D eigenvalue weighted by atomic mass is 10.2. The molecule has 0 spiro atoms. The van der Waals surface area contributed by atoms with Crippen LogP contribution in [0.2, 0.25) is 0 Å². The van der Waals surface area contributed by atoms with Gasteiger partial charge in [-0.2, -0.15) is 10.2 Å². The molecule has 4 rings (SSSR count). The quantitative estimate of drug-likeness (QED) is 0.570. The number of nitrogens with zero attached hydrogens (tertiary/aromatic N) is 4. The maximum absolute atomic E-state index is 13.6. The van der Waals surface area contributed by atoms with Crippen LogP contribution in [0.5, 0.6) is 0 Å². The van der Waals surface area contributed by atoms with E-state index in [1.165, 1.54) is 22.9 Å². The smallest absolute Gasteiger partial charge is 0.209 e. The van der Waals surface area contributed by atoms with E-state index in [2.05, 4.69) is 10.2 Å². The topological polar surface area (TPSA) is 52.7 Å². The standard InChI is InChI=1S/C20H15FN4O/c1-14-4-2-6-16(12-14)24-11-9-19(26)20(23-24)18-8-10-22-25(18)17-7-3-5-15(21)13-17/h2-13H,1H3. The molecule has 5 nitrogen and oxygen atoms in total. The van der Waals surface area contributed by atoms with Gasteiger partial charge in [-0.1, -0.05) is 18.2 Å². The molecule has 0 saturated carbocycles. The summed E-state index contributed by atoms with van der Waals surface area (Å²) in [5.74, 6) is -0.373. The van der Waals surface area contributed by atoms with Crippen LogP contribution in [0.25, 0.3) is 22.8 Å². The summed E-state index contributed by atoms with van der Waals surface area (Å²) in [6, 6.07) is 17.0. The van der Waals surface area contributed by atoms with Crippen molar-refractivity contribution in [1.82, 2.24) is 19.6 Å². The first-order valence-electron chi connectivity index (χ1n) is 8.09. The number of aromatic nitrogens is 4. The summed E-state index contributed by atoms with van der Waals surface area (Å²) in [4.78, 5) is 12.4. The van der Waals surface area contributed by atoms with E-state index in [0.29, 0.717) is 11.4 Å². The predicted octanol–water partition coefficient (Wildman–Crippen LogP) is 3.53. The van der Waals surface area contributed by atoms with E-state index in [1.54, 1.807) is 35.3 Å². The highest BCUT2D eigenvalue weighted by Crippen LogP contribution is 2.19. The third-order valence-corrected chi connectivity index (χ3v) is 4.01. The van der Waals surface area contributed by atoms with E-state index >= 15 is 0 Å². The minimum atomic E-state index is -0.373. The van der Waals surface area contributed by atoms with Crippen LogP contribution in [0.3, 0.4) is 0 Å². The molecule has 0 aliphatic heterocycles. The van der Waals surface area contributed by atoms with Crippen molar-refractivity contribution in [3.63, 3.8) is 0 Å². The molecule has 0 fully saturated rings. The summed E-state index contributed by atoms with van der Waals surface area (Å²) < 4.78 is 16.7. The van der Waals surface area contributed by atoms with Crippen molar-refractivity contribution in [2.24, 2.45) is 0 Å². The van der Waals surface area contributed by atoms with E-state index in [-0.39, 0.29) is 16.9 Å². The molecular formula is C20H15FN4O. The number of hydrogen-bond donors (Lipinski definition) is 0. The van der Waals surface area contributed by atoms with Crippen molar-refractivity contribution in [1.29, 1.82) is 0 Å². The molecule has 26 heavy (non-hydrogen) atoms. The van der Waals surface area contributed by atoms with Gasteiger partial charge in [0, 0.05) is 12.3 Å². The van der Waals surface area contributed by atoms with E-state index in [9.17, 15) is 9.18 Å². The lowest BCUT2D eigenvalue weighted by Gasteiger charge is -2.10. The van der Waals surface area contributed by atoms with E-state index in [1.807, 2.05) is 31.2 Å². The average molecular weight is 346 g/mol. The molecule has 128 valence electrons. The molecule has 0 bridgehead atoms. The molecule has 2 aromatic carbocycles. The molecule has 0 unspecified atom stereocenters. The zero-order chi connectivity index (χ0) is 18.1. The van der Waals surface area contributed by atoms with Crippen molar-refractivity contribution in [3.05, 3.63) is 94.7 Å². The molecule has 0 aliphatic carbocycles. The maximum Gasteiger partial charge on any atom is 0.209 e. The second-order valence-electron chi connectivity index (χ2n) is 5.92. The molecule has 0 N–H and O–H groups in total. The lowest BCUT2D eigenvalue weighted by molar-refractivity contribution is 0.625. The van der Waals surface area contributed by atoms with Crippen LogP contribution >= 0.6 is 0 Å². The highest BCUT2D eigenvalue weighted by molar-refractivity contribution is 5.57. The Kier molecular flexibility index (Phi) is 3.93. The third kappa shape index (κ3) is 2.93. The van der Waals surface area contributed by atoms with E-state index in [0.717, 1.165) is 11.3 Å². The SMILES string of the molecule is Cc1cccc(-n2ccc(=O)c(-c3ccnn3-c3cccc(F)c3)n2)c1. The van der Waals surface area contributed by atoms with Crippen LogP contribution in [-0.4, -0.2) is 19.6 Å². The normalized spacial score (nSPS) is 10.8. The van der Waals surface area contributed by atoms with Crippen molar-refractivity contribution < 1.29 is 4.39 Å². The first-order chi connectivity index (χ1) is 12.6. The summed E-state index contributed by atoms with van der Waals surface area (Å²) in [5, 5.41) is 8.71. The van der Waals surface area contributed by atoms with Crippen LogP contribution in [0, 0.1) is 12.7 Å². The fraction of sp³-hybridized carbons (Fsp3) is 0.0500. The van der Waals surface area contributed by atoms with E-state index < -0.39 is 0 Å². The van der Waals surface area contributed by atoms with Gasteiger partial charge < -0.3 is 0 Å². The Morgan fingerprint density at radius 3 is 2.58 bits per heavy atom. The van der Waals surface area contributed by atoms with Gasteiger partial charge in [0.05, 0.1) is 23.3 Å². The maximum atomic E-state index is 13.6. The van der Waals surface area contributed by atoms with Gasteiger partial charge in [0.2, 0.25) is 5.43 Å². The van der Waals surface area contributed by atoms with Gasteiger partial charge in [0.25, 0.3) is 0 Å². The number of benzene rings is 2. The largest absolute Gasteiger partial charge is 0.287 e. The van der Waals surface area contributed by atoms with Crippen molar-refractivity contribution >= 4 is 0 Å². The Morgan fingerprint density at radius 2 is 1.77 bits per heavy atom. The fourth-order valence-electron chi connectivity index (χ4n) is 2.80. The van der Waals surface area contributed by atoms with Gasteiger partial charge in [-0.15, -0.1) is 0 Å². The minimum Gasteiger partial charge on any atom is -0.287 e. The van der Waals surface area contributed by atoms with Crippen LogP contribution < -0.4 is 5.43 Å². The third-order valence-electron chi connectivity index (χ3n) is 4.01. The van der Waals surface area contributed by atoms with Crippen LogP contribution in [-0.2, 0) is 0 Å². The van der Waals surface area contributed by atoms with Gasteiger partial charge in [0.15, 0.2) is 5.69 Å². The highest BCUT2D eigenvalue weighted by Gasteiger charge is 2.14. The summed E-state index contributed by atoms with van der Waals surface area (Å²) in [6.45, 7) is 1.99. The number of halogens is 1. The summed E-state index contributed by atoms with van der Waals surface area (Å²) in [7, 11) is 0. The van der Waals surface area contributed by atoms with Crippen LogP contribution in [0.1, 0.15) is 5.56 Å². The number of aryl methyl sites for hydroxylation is 1. The van der Waals surface area contributed by atoms with Crippen molar-refractivity contribution in [2.75, 3.05) is 0 Å². The number of hydrogen-bond acceptors (Lipinski definition) is 3. The Bertz CT molecular complexity index is 1150. The molecule has 2 heterocycles. The second kappa shape index (κ2) is 6.40. The Labute approximate surface area is 149 Å². The summed E-state index contributed by atoms with van der Waals surface area (Å²) >= 11 is 0. The van der Waals surface area contributed by atoms with Gasteiger partial charge >= 0.3 is 0 Å². The molecule has 0 saturated heterocycles. The number of rotatable bonds is 3. The summed E-state index contributed by atoms with van der Waals surface area (Å²) in [5.41, 5.74) is 2.99. The fourth-order valence-corrected chi connectivity index (χ4v) is 2.80. The minimum absolute atomic E-state index is 0.230. The van der Waals surface area contributed by atoms with Gasteiger partial charge in [0.1, 0.15) is 5.82 Å². The molecule has 2 aromatic heterocycles. The average Bonchev–Trinajstić information content (AvgIpc) is 3.12. The molecule has 0 amide bonds.